The van der Waals surface area contributed by atoms with Crippen molar-refractivity contribution in [3.8, 4) is 0 Å². The molecule has 0 unspecified atom stereocenters. The van der Waals surface area contributed by atoms with Gasteiger partial charge in [-0.25, -0.2) is 0 Å². The number of hydrogen-bond donors (Lipinski definition) is 2. The Morgan fingerprint density at radius 2 is 2.00 bits per heavy atom. The molecule has 0 bridgehead atoms. The highest BCUT2D eigenvalue weighted by Gasteiger charge is 2.13. The smallest absolute Gasteiger partial charge is 0.271 e. The van der Waals surface area contributed by atoms with E-state index in [9.17, 15) is 14.9 Å². The Morgan fingerprint density at radius 3 is 2.60 bits per heavy atom. The second-order valence-electron chi connectivity index (χ2n) is 3.96. The summed E-state index contributed by atoms with van der Waals surface area (Å²) in [4.78, 5) is 22.0. The Labute approximate surface area is 132 Å². The van der Waals surface area contributed by atoms with Crippen LogP contribution >= 0.6 is 28.3 Å². The van der Waals surface area contributed by atoms with Crippen LogP contribution in [0.1, 0.15) is 23.7 Å². The molecule has 0 saturated carbocycles. The van der Waals surface area contributed by atoms with Crippen LogP contribution in [0.25, 0.3) is 0 Å². The monoisotopic (exact) mass is 365 g/mol. The van der Waals surface area contributed by atoms with Gasteiger partial charge in [0.2, 0.25) is 0 Å². The maximum atomic E-state index is 11.8. The molecule has 1 amide bonds. The van der Waals surface area contributed by atoms with Crippen molar-refractivity contribution in [1.82, 2.24) is 10.6 Å². The van der Waals surface area contributed by atoms with Crippen LogP contribution in [0, 0.1) is 10.1 Å². The van der Waals surface area contributed by atoms with Gasteiger partial charge in [-0.05, 0) is 19.0 Å². The number of nitro groups is 1. The number of nitrogens with one attached hydrogen (secondary N) is 2. The molecule has 0 aliphatic carbocycles. The maximum absolute atomic E-state index is 11.8. The van der Waals surface area contributed by atoms with E-state index in [2.05, 4.69) is 33.5 Å². The Hall–Kier alpha value is -1.18. The van der Waals surface area contributed by atoms with E-state index < -0.39 is 4.92 Å². The van der Waals surface area contributed by atoms with Gasteiger partial charge >= 0.3 is 0 Å². The van der Waals surface area contributed by atoms with Crippen molar-refractivity contribution in [2.75, 3.05) is 19.6 Å². The number of carbonyl (C=O) groups excluding carboxylic acids is 1. The van der Waals surface area contributed by atoms with Crippen molar-refractivity contribution >= 4 is 39.9 Å². The first-order chi connectivity index (χ1) is 9.04. The zero-order valence-electron chi connectivity index (χ0n) is 11.0. The normalized spacial score (nSPS) is 9.70. The van der Waals surface area contributed by atoms with Crippen LogP contribution in [0.5, 0.6) is 0 Å². The largest absolute Gasteiger partial charge is 0.351 e. The first kappa shape index (κ1) is 18.8. The Morgan fingerprint density at radius 1 is 1.30 bits per heavy atom. The summed E-state index contributed by atoms with van der Waals surface area (Å²) in [6.45, 7) is 4.12. The fourth-order valence-corrected chi connectivity index (χ4v) is 1.96. The maximum Gasteiger partial charge on any atom is 0.271 e. The van der Waals surface area contributed by atoms with E-state index in [1.54, 1.807) is 6.07 Å². The Bertz CT molecular complexity index is 471. The summed E-state index contributed by atoms with van der Waals surface area (Å²) in [6, 6.07) is 4.18. The second kappa shape index (κ2) is 9.68. The highest BCUT2D eigenvalue weighted by Crippen LogP contribution is 2.21. The minimum absolute atomic E-state index is 0. The molecule has 1 aromatic rings. The molecular formula is C12H17BrClN3O3. The quantitative estimate of drug-likeness (QED) is 0.441. The van der Waals surface area contributed by atoms with Gasteiger partial charge in [-0.3, -0.25) is 14.9 Å². The molecule has 8 heteroatoms. The number of nitrogens with zero attached hydrogens (tertiary/aromatic N) is 1. The van der Waals surface area contributed by atoms with Gasteiger partial charge < -0.3 is 10.6 Å². The predicted molar refractivity (Wildman–Crippen MR) is 83.5 cm³/mol. The molecule has 0 fully saturated rings. The highest BCUT2D eigenvalue weighted by molar-refractivity contribution is 9.10. The van der Waals surface area contributed by atoms with Gasteiger partial charge in [-0.1, -0.05) is 22.9 Å². The van der Waals surface area contributed by atoms with Crippen LogP contribution in [0.15, 0.2) is 22.7 Å². The molecule has 1 aromatic carbocycles. The molecule has 0 aromatic heterocycles. The number of halogens is 2. The van der Waals surface area contributed by atoms with Gasteiger partial charge in [0.05, 0.1) is 4.92 Å². The zero-order chi connectivity index (χ0) is 14.3. The lowest BCUT2D eigenvalue weighted by Gasteiger charge is -2.06. The van der Waals surface area contributed by atoms with Crippen LogP contribution in [-0.2, 0) is 0 Å². The number of rotatable bonds is 7. The molecule has 112 valence electrons. The predicted octanol–water partition coefficient (Wildman–Crippen LogP) is 2.51. The molecule has 0 atom stereocenters. The molecule has 1 rings (SSSR count). The number of amides is 1. The van der Waals surface area contributed by atoms with E-state index in [0.717, 1.165) is 13.0 Å². The third-order valence-corrected chi connectivity index (χ3v) is 2.83. The average Bonchev–Trinajstić information content (AvgIpc) is 2.37. The van der Waals surface area contributed by atoms with E-state index >= 15 is 0 Å². The molecule has 0 spiro atoms. The van der Waals surface area contributed by atoms with Gasteiger partial charge in [0.15, 0.2) is 0 Å². The summed E-state index contributed by atoms with van der Waals surface area (Å²) in [7, 11) is 0. The van der Waals surface area contributed by atoms with Crippen LogP contribution in [-0.4, -0.2) is 30.5 Å². The van der Waals surface area contributed by atoms with Crippen LogP contribution < -0.4 is 10.6 Å². The van der Waals surface area contributed by atoms with Crippen molar-refractivity contribution in [2.24, 2.45) is 0 Å². The van der Waals surface area contributed by atoms with Crippen molar-refractivity contribution in [3.05, 3.63) is 38.3 Å². The average molecular weight is 367 g/mol. The third kappa shape index (κ3) is 6.31. The third-order valence-electron chi connectivity index (χ3n) is 2.37. The Balaban J connectivity index is 0.00000361. The molecule has 0 aliphatic heterocycles. The first-order valence-corrected chi connectivity index (χ1v) is 6.77. The molecule has 0 aliphatic rings. The van der Waals surface area contributed by atoms with Crippen molar-refractivity contribution < 1.29 is 9.72 Å². The van der Waals surface area contributed by atoms with E-state index in [4.69, 9.17) is 0 Å². The van der Waals surface area contributed by atoms with Crippen LogP contribution in [0.2, 0.25) is 0 Å². The molecule has 20 heavy (non-hydrogen) atoms. The lowest BCUT2D eigenvalue weighted by atomic mass is 10.2. The van der Waals surface area contributed by atoms with Gasteiger partial charge in [0.25, 0.3) is 11.6 Å². The lowest BCUT2D eigenvalue weighted by Crippen LogP contribution is -2.32. The summed E-state index contributed by atoms with van der Waals surface area (Å²) in [5.41, 5.74) is 0.167. The van der Waals surface area contributed by atoms with E-state index in [1.807, 2.05) is 0 Å². The molecule has 0 radical (unpaired) electrons. The van der Waals surface area contributed by atoms with Crippen LogP contribution in [0.4, 0.5) is 5.69 Å². The van der Waals surface area contributed by atoms with Crippen molar-refractivity contribution in [3.63, 3.8) is 0 Å². The SMILES string of the molecule is CCCNCCNC(=O)c1cc(Br)cc([N+](=O)[O-])c1.Cl. The molecule has 2 N–H and O–H groups in total. The fourth-order valence-electron chi connectivity index (χ4n) is 1.48. The lowest BCUT2D eigenvalue weighted by molar-refractivity contribution is -0.385. The van der Waals surface area contributed by atoms with Crippen molar-refractivity contribution in [2.45, 2.75) is 13.3 Å². The highest BCUT2D eigenvalue weighted by atomic mass is 79.9. The summed E-state index contributed by atoms with van der Waals surface area (Å²) in [5, 5.41) is 16.6. The molecule has 0 heterocycles. The Kier molecular flexibility index (Phi) is 9.11. The second-order valence-corrected chi connectivity index (χ2v) is 4.88. The molecule has 0 saturated heterocycles. The number of benzene rings is 1. The number of nitro benzene ring substituents is 1. The topological polar surface area (TPSA) is 84.3 Å². The van der Waals surface area contributed by atoms with Gasteiger partial charge in [0, 0.05) is 35.3 Å². The minimum atomic E-state index is -0.523. The summed E-state index contributed by atoms with van der Waals surface area (Å²) in [6.07, 6.45) is 1.03. The van der Waals surface area contributed by atoms with Gasteiger partial charge in [0.1, 0.15) is 0 Å². The van der Waals surface area contributed by atoms with Gasteiger partial charge in [-0.15, -0.1) is 12.4 Å². The zero-order valence-corrected chi connectivity index (χ0v) is 13.4. The van der Waals surface area contributed by atoms with Crippen molar-refractivity contribution in [1.29, 1.82) is 0 Å². The van der Waals surface area contributed by atoms with E-state index in [1.165, 1.54) is 12.1 Å². The number of hydrogen-bond acceptors (Lipinski definition) is 4. The standard InChI is InChI=1S/C12H16BrN3O3.ClH/c1-2-3-14-4-5-15-12(17)9-6-10(13)8-11(7-9)16(18)19;/h6-8,14H,2-5H2,1H3,(H,15,17);1H. The van der Waals surface area contributed by atoms with E-state index in [0.29, 0.717) is 17.6 Å². The summed E-state index contributed by atoms with van der Waals surface area (Å²) < 4.78 is 0.510. The molecule has 6 nitrogen and oxygen atoms in total. The van der Waals surface area contributed by atoms with Gasteiger partial charge in [-0.2, -0.15) is 0 Å². The fraction of sp³-hybridized carbons (Fsp3) is 0.417. The number of carbonyl (C=O) groups is 1. The minimum Gasteiger partial charge on any atom is -0.351 e. The summed E-state index contributed by atoms with van der Waals surface area (Å²) in [5.74, 6) is -0.317. The van der Waals surface area contributed by atoms with Crippen LogP contribution in [0.3, 0.4) is 0 Å². The number of non-ortho nitro benzene ring substituents is 1. The van der Waals surface area contributed by atoms with E-state index in [-0.39, 0.29) is 29.6 Å². The molecular weight excluding hydrogens is 350 g/mol. The summed E-state index contributed by atoms with van der Waals surface area (Å²) >= 11 is 3.16. The first-order valence-electron chi connectivity index (χ1n) is 5.98.